The average Bonchev–Trinajstić information content (AvgIpc) is 3.12. The molecule has 1 aromatic heterocycles. The molecule has 3 nitrogen and oxygen atoms in total. The molecule has 4 aliphatic carbocycles. The second kappa shape index (κ2) is 6.05. The summed E-state index contributed by atoms with van der Waals surface area (Å²) < 4.78 is 8.01. The number of aryl methyl sites for hydroxylation is 1. The molecule has 4 aliphatic rings. The molecule has 0 aromatic carbocycles. The summed E-state index contributed by atoms with van der Waals surface area (Å²) in [5, 5.41) is 0. The Balaban J connectivity index is 1.40. The Kier molecular flexibility index (Phi) is 4.06. The Morgan fingerprint density at radius 1 is 1.19 bits per heavy atom. The fraction of sp³-hybridized carbons (Fsp3) is 0.826. The van der Waals surface area contributed by atoms with Gasteiger partial charge >= 0.3 is 5.97 Å². The van der Waals surface area contributed by atoms with Crippen LogP contribution in [0.1, 0.15) is 76.3 Å². The Morgan fingerprint density at radius 2 is 2.00 bits per heavy atom. The number of aromatic nitrogens is 1. The van der Waals surface area contributed by atoms with Gasteiger partial charge in [-0.15, -0.1) is 0 Å². The van der Waals surface area contributed by atoms with Crippen molar-refractivity contribution in [3.63, 3.8) is 0 Å². The van der Waals surface area contributed by atoms with Crippen LogP contribution in [0.15, 0.2) is 5.51 Å². The monoisotopic (exact) mass is 388 g/mol. The fourth-order valence-electron chi connectivity index (χ4n) is 7.87. The molecule has 0 radical (unpaired) electrons. The Bertz CT molecular complexity index is 772. The molecule has 3 saturated carbocycles. The quantitative estimate of drug-likeness (QED) is 0.521. The first-order valence-corrected chi connectivity index (χ1v) is 11.8. The van der Waals surface area contributed by atoms with Gasteiger partial charge in [0.15, 0.2) is 5.69 Å². The number of rotatable bonds is 1. The molecule has 4 heteroatoms. The fourth-order valence-corrected chi connectivity index (χ4v) is 9.15. The maximum atomic E-state index is 11.4. The molecular formula is C23H34NO2S+. The maximum absolute atomic E-state index is 11.4. The lowest BCUT2D eigenvalue weighted by Gasteiger charge is -2.60. The molecule has 0 bridgehead atoms. The van der Waals surface area contributed by atoms with Crippen LogP contribution in [-0.4, -0.2) is 12.1 Å². The third-order valence-electron chi connectivity index (χ3n) is 9.29. The smallest absolute Gasteiger partial charge is 0.302 e. The molecule has 0 aliphatic heterocycles. The number of carbonyl (C=O) groups is 1. The number of nitrogens with zero attached hydrogens (tertiary/aromatic N) is 1. The van der Waals surface area contributed by atoms with Gasteiger partial charge in [0.25, 0.3) is 0 Å². The average molecular weight is 389 g/mol. The first-order chi connectivity index (χ1) is 12.8. The van der Waals surface area contributed by atoms with Gasteiger partial charge in [-0.1, -0.05) is 25.2 Å². The number of hydrogen-bond donors (Lipinski definition) is 0. The molecule has 0 N–H and O–H groups in total. The van der Waals surface area contributed by atoms with E-state index in [1.165, 1.54) is 38.5 Å². The molecule has 0 spiro atoms. The van der Waals surface area contributed by atoms with E-state index >= 15 is 0 Å². The van der Waals surface area contributed by atoms with Gasteiger partial charge in [-0.05, 0) is 74.0 Å². The highest BCUT2D eigenvalue weighted by molar-refractivity contribution is 7.09. The van der Waals surface area contributed by atoms with Crippen molar-refractivity contribution in [2.24, 2.45) is 36.1 Å². The summed E-state index contributed by atoms with van der Waals surface area (Å²) in [5.74, 6) is 3.24. The van der Waals surface area contributed by atoms with Crippen molar-refractivity contribution in [2.45, 2.75) is 83.7 Å². The van der Waals surface area contributed by atoms with Crippen LogP contribution in [0.2, 0.25) is 0 Å². The van der Waals surface area contributed by atoms with Crippen LogP contribution in [0.5, 0.6) is 0 Å². The van der Waals surface area contributed by atoms with Crippen LogP contribution in [-0.2, 0) is 28.4 Å². The van der Waals surface area contributed by atoms with E-state index in [9.17, 15) is 4.79 Å². The lowest BCUT2D eigenvalue weighted by Crippen LogP contribution is -2.54. The third-order valence-corrected chi connectivity index (χ3v) is 10.6. The molecule has 148 valence electrons. The highest BCUT2D eigenvalue weighted by Gasteiger charge is 2.61. The lowest BCUT2D eigenvalue weighted by molar-refractivity contribution is -0.674. The zero-order valence-corrected chi connectivity index (χ0v) is 18.1. The van der Waals surface area contributed by atoms with E-state index < -0.39 is 0 Å². The minimum absolute atomic E-state index is 0.101. The molecule has 3 fully saturated rings. The van der Waals surface area contributed by atoms with Gasteiger partial charge in [-0.3, -0.25) is 4.79 Å². The number of ether oxygens (including phenoxy) is 1. The molecule has 5 rings (SSSR count). The third kappa shape index (κ3) is 2.51. The van der Waals surface area contributed by atoms with E-state index in [2.05, 4.69) is 31.0 Å². The van der Waals surface area contributed by atoms with Crippen molar-refractivity contribution in [2.75, 3.05) is 0 Å². The zero-order chi connectivity index (χ0) is 19.0. The first-order valence-electron chi connectivity index (χ1n) is 11.0. The molecule has 1 heterocycles. The van der Waals surface area contributed by atoms with Crippen LogP contribution in [0.4, 0.5) is 0 Å². The number of thiazole rings is 1. The Hall–Kier alpha value is -0.900. The summed E-state index contributed by atoms with van der Waals surface area (Å²) in [6, 6.07) is 0. The van der Waals surface area contributed by atoms with Crippen molar-refractivity contribution in [1.29, 1.82) is 0 Å². The van der Waals surface area contributed by atoms with E-state index in [-0.39, 0.29) is 12.1 Å². The highest BCUT2D eigenvalue weighted by atomic mass is 32.1. The predicted octanol–water partition coefficient (Wildman–Crippen LogP) is 4.56. The van der Waals surface area contributed by atoms with Crippen LogP contribution in [0.25, 0.3) is 0 Å². The van der Waals surface area contributed by atoms with E-state index in [4.69, 9.17) is 4.74 Å². The number of esters is 1. The summed E-state index contributed by atoms with van der Waals surface area (Å²) in [7, 11) is 2.24. The SMILES string of the molecule is CC(=O)O[C@H]1CC[C@@]2(C)[C@@H](CC[C@@H]3[C@@H]2CC[C@]2(C)c4sc[n+](C)c4C[C@@H]32)C1. The minimum Gasteiger partial charge on any atom is -0.463 e. The van der Waals surface area contributed by atoms with Crippen molar-refractivity contribution in [1.82, 2.24) is 0 Å². The predicted molar refractivity (Wildman–Crippen MR) is 106 cm³/mol. The summed E-state index contributed by atoms with van der Waals surface area (Å²) in [5.41, 5.74) is 4.81. The van der Waals surface area contributed by atoms with E-state index in [0.29, 0.717) is 10.8 Å². The van der Waals surface area contributed by atoms with Crippen LogP contribution < -0.4 is 4.57 Å². The van der Waals surface area contributed by atoms with Crippen LogP contribution >= 0.6 is 11.3 Å². The normalized spacial score (nSPS) is 45.4. The van der Waals surface area contributed by atoms with Gasteiger partial charge in [0, 0.05) is 18.8 Å². The van der Waals surface area contributed by atoms with E-state index in [0.717, 1.165) is 36.5 Å². The van der Waals surface area contributed by atoms with E-state index in [1.54, 1.807) is 17.5 Å². The van der Waals surface area contributed by atoms with Crippen LogP contribution in [0, 0.1) is 29.1 Å². The molecular weight excluding hydrogens is 354 g/mol. The molecule has 0 saturated heterocycles. The van der Waals surface area contributed by atoms with Crippen molar-refractivity contribution >= 4 is 17.3 Å². The summed E-state index contributed by atoms with van der Waals surface area (Å²) >= 11 is 2.00. The zero-order valence-electron chi connectivity index (χ0n) is 17.3. The van der Waals surface area contributed by atoms with Gasteiger partial charge in [0.05, 0.1) is 4.88 Å². The van der Waals surface area contributed by atoms with Gasteiger partial charge in [0.1, 0.15) is 13.2 Å². The van der Waals surface area contributed by atoms with Crippen molar-refractivity contribution < 1.29 is 14.1 Å². The topological polar surface area (TPSA) is 30.2 Å². The van der Waals surface area contributed by atoms with Gasteiger partial charge in [0.2, 0.25) is 5.51 Å². The first kappa shape index (κ1) is 18.1. The Labute approximate surface area is 167 Å². The number of carbonyl (C=O) groups excluding carboxylic acids is 1. The molecule has 0 amide bonds. The largest absolute Gasteiger partial charge is 0.463 e. The van der Waals surface area contributed by atoms with Gasteiger partial charge in [-0.2, -0.15) is 4.57 Å². The Morgan fingerprint density at radius 3 is 2.78 bits per heavy atom. The molecule has 7 atom stereocenters. The molecule has 0 unspecified atom stereocenters. The van der Waals surface area contributed by atoms with Gasteiger partial charge < -0.3 is 4.74 Å². The summed E-state index contributed by atoms with van der Waals surface area (Å²) in [4.78, 5) is 13.1. The molecule has 1 aromatic rings. The second-order valence-corrected chi connectivity index (χ2v) is 11.3. The van der Waals surface area contributed by atoms with Crippen molar-refractivity contribution in [3.05, 3.63) is 16.1 Å². The van der Waals surface area contributed by atoms with Gasteiger partial charge in [-0.25, -0.2) is 0 Å². The molecule has 27 heavy (non-hydrogen) atoms. The number of fused-ring (bicyclic) bond motifs is 7. The van der Waals surface area contributed by atoms with Crippen LogP contribution in [0.3, 0.4) is 0 Å². The van der Waals surface area contributed by atoms with E-state index in [1.807, 2.05) is 11.3 Å². The maximum Gasteiger partial charge on any atom is 0.302 e. The highest BCUT2D eigenvalue weighted by Crippen LogP contribution is 2.65. The summed E-state index contributed by atoms with van der Waals surface area (Å²) in [6.07, 6.45) is 10.4. The standard InChI is InChI=1S/C23H34NO2S/c1-14(25)26-16-7-9-22(2)15(11-16)5-6-17-18(22)8-10-23(3)19(17)12-20-21(23)27-13-24(20)4/h13,15-19H,5-12H2,1-4H3/q+1/t15-,16-,17+,18-,19-,22-,23-/m0/s1. The summed E-state index contributed by atoms with van der Waals surface area (Å²) in [6.45, 7) is 6.72. The minimum atomic E-state index is -0.101. The van der Waals surface area contributed by atoms with Crippen molar-refractivity contribution in [3.8, 4) is 0 Å². The number of hydrogen-bond acceptors (Lipinski definition) is 3. The lowest BCUT2D eigenvalue weighted by atomic mass is 9.45. The second-order valence-electron chi connectivity index (χ2n) is 10.4.